The van der Waals surface area contributed by atoms with Gasteiger partial charge < -0.3 is 10.0 Å². The van der Waals surface area contributed by atoms with E-state index in [4.69, 9.17) is 5.11 Å². The van der Waals surface area contributed by atoms with E-state index in [2.05, 4.69) is 16.0 Å². The number of aromatic nitrogens is 1. The summed E-state index contributed by atoms with van der Waals surface area (Å²) in [6, 6.07) is 6.04. The van der Waals surface area contributed by atoms with Gasteiger partial charge in [0.2, 0.25) is 0 Å². The Bertz CT molecular complexity index is 386. The van der Waals surface area contributed by atoms with Crippen molar-refractivity contribution in [3.8, 4) is 0 Å². The van der Waals surface area contributed by atoms with Crippen LogP contribution in [0.5, 0.6) is 0 Å². The smallest absolute Gasteiger partial charge is 0.303 e. The van der Waals surface area contributed by atoms with Crippen LogP contribution in [0.25, 0.3) is 0 Å². The van der Waals surface area contributed by atoms with Crippen LogP contribution in [0.4, 0.5) is 0 Å². The van der Waals surface area contributed by atoms with E-state index < -0.39 is 5.97 Å². The third-order valence-electron chi connectivity index (χ3n) is 3.88. The first-order valence-electron chi connectivity index (χ1n) is 7.08. The highest BCUT2D eigenvalue weighted by atomic mass is 16.4. The molecular formula is C15H22N2O2. The molecule has 1 aliphatic rings. The molecule has 19 heavy (non-hydrogen) atoms. The lowest BCUT2D eigenvalue weighted by atomic mass is 9.92. The first-order chi connectivity index (χ1) is 9.24. The first kappa shape index (κ1) is 14.0. The lowest BCUT2D eigenvalue weighted by molar-refractivity contribution is -0.137. The zero-order chi connectivity index (χ0) is 13.5. The summed E-state index contributed by atoms with van der Waals surface area (Å²) < 4.78 is 0. The predicted molar refractivity (Wildman–Crippen MR) is 74.0 cm³/mol. The fourth-order valence-corrected chi connectivity index (χ4v) is 2.64. The van der Waals surface area contributed by atoms with Crippen molar-refractivity contribution in [3.05, 3.63) is 30.1 Å². The van der Waals surface area contributed by atoms with Crippen molar-refractivity contribution in [2.24, 2.45) is 5.92 Å². The van der Waals surface area contributed by atoms with E-state index in [1.165, 1.54) is 0 Å². The summed E-state index contributed by atoms with van der Waals surface area (Å²) in [5, 5.41) is 8.69. The van der Waals surface area contributed by atoms with Gasteiger partial charge in [0.25, 0.3) is 0 Å². The zero-order valence-electron chi connectivity index (χ0n) is 11.3. The van der Waals surface area contributed by atoms with Crippen LogP contribution in [-0.4, -0.2) is 40.6 Å². The van der Waals surface area contributed by atoms with Gasteiger partial charge in [-0.15, -0.1) is 0 Å². The van der Waals surface area contributed by atoms with Gasteiger partial charge in [-0.3, -0.25) is 9.78 Å². The number of piperidine rings is 1. The van der Waals surface area contributed by atoms with Gasteiger partial charge in [0.15, 0.2) is 0 Å². The number of likely N-dealkylation sites (tertiary alicyclic amines) is 1. The van der Waals surface area contributed by atoms with Crippen LogP contribution < -0.4 is 0 Å². The van der Waals surface area contributed by atoms with Gasteiger partial charge >= 0.3 is 5.97 Å². The van der Waals surface area contributed by atoms with Gasteiger partial charge in [0.1, 0.15) is 0 Å². The first-order valence-corrected chi connectivity index (χ1v) is 7.08. The van der Waals surface area contributed by atoms with E-state index in [1.54, 1.807) is 0 Å². The average Bonchev–Trinajstić information content (AvgIpc) is 2.45. The minimum Gasteiger partial charge on any atom is -0.481 e. The number of carboxylic acid groups (broad SMARTS) is 1. The fraction of sp³-hybridized carbons (Fsp3) is 0.600. The number of rotatable bonds is 6. The summed E-state index contributed by atoms with van der Waals surface area (Å²) in [4.78, 5) is 17.3. The van der Waals surface area contributed by atoms with Gasteiger partial charge in [-0.05, 0) is 50.4 Å². The molecule has 0 bridgehead atoms. The van der Waals surface area contributed by atoms with Crippen molar-refractivity contribution in [1.29, 1.82) is 0 Å². The minimum atomic E-state index is -0.669. The number of pyridine rings is 1. The Morgan fingerprint density at radius 1 is 1.37 bits per heavy atom. The summed E-state index contributed by atoms with van der Waals surface area (Å²) in [5.41, 5.74) is 1.15. The van der Waals surface area contributed by atoms with Crippen molar-refractivity contribution in [2.45, 2.75) is 32.1 Å². The molecule has 1 aliphatic heterocycles. The van der Waals surface area contributed by atoms with Gasteiger partial charge in [-0.25, -0.2) is 0 Å². The van der Waals surface area contributed by atoms with Gasteiger partial charge in [-0.1, -0.05) is 6.07 Å². The van der Waals surface area contributed by atoms with Crippen LogP contribution >= 0.6 is 0 Å². The molecule has 0 unspecified atom stereocenters. The SMILES string of the molecule is O=C(O)CCC1CCN(CCc2ccccn2)CC1. The van der Waals surface area contributed by atoms with Crippen molar-refractivity contribution in [2.75, 3.05) is 19.6 Å². The molecule has 2 rings (SSSR count). The second-order valence-corrected chi connectivity index (χ2v) is 5.29. The number of nitrogens with zero attached hydrogens (tertiary/aromatic N) is 2. The van der Waals surface area contributed by atoms with E-state index in [0.29, 0.717) is 12.3 Å². The number of hydrogen-bond acceptors (Lipinski definition) is 3. The average molecular weight is 262 g/mol. The number of aliphatic carboxylic acids is 1. The maximum absolute atomic E-state index is 10.5. The normalized spacial score (nSPS) is 17.5. The molecule has 0 amide bonds. The summed E-state index contributed by atoms with van der Waals surface area (Å²) in [6.07, 6.45) is 6.26. The Morgan fingerprint density at radius 2 is 2.16 bits per heavy atom. The second-order valence-electron chi connectivity index (χ2n) is 5.29. The van der Waals surface area contributed by atoms with Crippen molar-refractivity contribution in [3.63, 3.8) is 0 Å². The van der Waals surface area contributed by atoms with Crippen molar-refractivity contribution >= 4 is 5.97 Å². The molecule has 0 atom stereocenters. The monoisotopic (exact) mass is 262 g/mol. The Hall–Kier alpha value is -1.42. The van der Waals surface area contributed by atoms with E-state index in [0.717, 1.165) is 51.0 Å². The summed E-state index contributed by atoms with van der Waals surface area (Å²) in [7, 11) is 0. The molecule has 4 heteroatoms. The molecule has 0 aliphatic carbocycles. The van der Waals surface area contributed by atoms with Gasteiger partial charge in [-0.2, -0.15) is 0 Å². The quantitative estimate of drug-likeness (QED) is 0.854. The van der Waals surface area contributed by atoms with Crippen LogP contribution in [0.15, 0.2) is 24.4 Å². The molecule has 104 valence electrons. The van der Waals surface area contributed by atoms with Crippen LogP contribution in [-0.2, 0) is 11.2 Å². The summed E-state index contributed by atoms with van der Waals surface area (Å²) in [6.45, 7) is 3.25. The summed E-state index contributed by atoms with van der Waals surface area (Å²) >= 11 is 0. The lowest BCUT2D eigenvalue weighted by Gasteiger charge is -2.31. The lowest BCUT2D eigenvalue weighted by Crippen LogP contribution is -2.35. The van der Waals surface area contributed by atoms with E-state index >= 15 is 0 Å². The molecule has 0 radical (unpaired) electrons. The third kappa shape index (κ3) is 4.99. The Labute approximate surface area is 114 Å². The highest BCUT2D eigenvalue weighted by Gasteiger charge is 2.19. The number of hydrogen-bond donors (Lipinski definition) is 1. The Morgan fingerprint density at radius 3 is 2.79 bits per heavy atom. The van der Waals surface area contributed by atoms with Crippen LogP contribution in [0.3, 0.4) is 0 Å². The molecule has 1 saturated heterocycles. The van der Waals surface area contributed by atoms with Crippen molar-refractivity contribution < 1.29 is 9.90 Å². The number of carbonyl (C=O) groups is 1. The molecule has 0 spiro atoms. The van der Waals surface area contributed by atoms with Crippen molar-refractivity contribution in [1.82, 2.24) is 9.88 Å². The maximum atomic E-state index is 10.5. The van der Waals surface area contributed by atoms with Crippen LogP contribution in [0.2, 0.25) is 0 Å². The van der Waals surface area contributed by atoms with Gasteiger partial charge in [0.05, 0.1) is 0 Å². The van der Waals surface area contributed by atoms with Crippen LogP contribution in [0, 0.1) is 5.92 Å². The summed E-state index contributed by atoms with van der Waals surface area (Å²) in [5.74, 6) is -0.0696. The minimum absolute atomic E-state index is 0.318. The van der Waals surface area contributed by atoms with Crippen LogP contribution in [0.1, 0.15) is 31.4 Å². The standard InChI is InChI=1S/C15H22N2O2/c18-15(19)5-4-13-6-10-17(11-7-13)12-8-14-3-1-2-9-16-14/h1-3,9,13H,4-8,10-12H2,(H,18,19). The highest BCUT2D eigenvalue weighted by Crippen LogP contribution is 2.21. The molecule has 4 nitrogen and oxygen atoms in total. The molecule has 1 aromatic heterocycles. The Balaban J connectivity index is 1.65. The molecule has 1 fully saturated rings. The zero-order valence-corrected chi connectivity index (χ0v) is 11.3. The fourth-order valence-electron chi connectivity index (χ4n) is 2.64. The predicted octanol–water partition coefficient (Wildman–Crippen LogP) is 2.20. The Kier molecular flexibility index (Phi) is 5.33. The highest BCUT2D eigenvalue weighted by molar-refractivity contribution is 5.66. The molecule has 1 N–H and O–H groups in total. The maximum Gasteiger partial charge on any atom is 0.303 e. The van der Waals surface area contributed by atoms with E-state index in [9.17, 15) is 4.79 Å². The molecule has 0 aromatic carbocycles. The largest absolute Gasteiger partial charge is 0.481 e. The molecule has 2 heterocycles. The third-order valence-corrected chi connectivity index (χ3v) is 3.88. The molecule has 0 saturated carbocycles. The molecular weight excluding hydrogens is 240 g/mol. The van der Waals surface area contributed by atoms with Gasteiger partial charge in [0, 0.05) is 31.3 Å². The topological polar surface area (TPSA) is 53.4 Å². The van der Waals surface area contributed by atoms with E-state index in [-0.39, 0.29) is 0 Å². The van der Waals surface area contributed by atoms with E-state index in [1.807, 2.05) is 18.3 Å². The number of carboxylic acids is 1. The second kappa shape index (κ2) is 7.24. The molecule has 1 aromatic rings.